The fraction of sp³-hybridized carbons (Fsp3) is 0.273. The van der Waals surface area contributed by atoms with E-state index in [2.05, 4.69) is 0 Å². The van der Waals surface area contributed by atoms with E-state index in [1.807, 2.05) is 0 Å². The first kappa shape index (κ1) is 19.9. The Morgan fingerprint density at radius 3 is 1.90 bits per heavy atom. The molecule has 0 unspecified atom stereocenters. The number of carbonyl (C=O) groups is 2. The zero-order chi connectivity index (χ0) is 15.3. The molecule has 0 aliphatic heterocycles. The average molecular weight is 328 g/mol. The fourth-order valence-corrected chi connectivity index (χ4v) is 1.84. The number of hydrogen-bond donors (Lipinski definition) is 3. The van der Waals surface area contributed by atoms with E-state index in [4.69, 9.17) is 19.5 Å². The minimum atomic E-state index is -4.09. The number of benzene rings is 1. The van der Waals surface area contributed by atoms with E-state index in [0.29, 0.717) is 0 Å². The Kier molecular flexibility index (Phi) is 7.90. The van der Waals surface area contributed by atoms with E-state index in [1.54, 1.807) is 0 Å². The first-order valence-electron chi connectivity index (χ1n) is 5.38. The Labute approximate surface area is 142 Å². The molecular weight excluding hydrogens is 315 g/mol. The molecule has 0 saturated heterocycles. The molecule has 1 aromatic rings. The van der Waals surface area contributed by atoms with Crippen LogP contribution in [0.1, 0.15) is 27.1 Å². The van der Waals surface area contributed by atoms with E-state index in [-0.39, 0.29) is 59.5 Å². The van der Waals surface area contributed by atoms with Crippen molar-refractivity contribution in [3.63, 3.8) is 0 Å². The van der Waals surface area contributed by atoms with Gasteiger partial charge in [0.2, 0.25) is 0 Å². The van der Waals surface area contributed by atoms with Gasteiger partial charge in [0.15, 0.2) is 0 Å². The number of rotatable bonds is 7. The molecule has 0 radical (unpaired) electrons. The van der Waals surface area contributed by atoms with Crippen molar-refractivity contribution in [2.24, 2.45) is 0 Å². The van der Waals surface area contributed by atoms with Gasteiger partial charge in [-0.05, 0) is 24.6 Å². The summed E-state index contributed by atoms with van der Waals surface area (Å²) in [6, 6.07) is 3.24. The average Bonchev–Trinajstić information content (AvgIpc) is 2.33. The van der Waals surface area contributed by atoms with Crippen LogP contribution in [0, 0.1) is 0 Å². The monoisotopic (exact) mass is 328 g/mol. The van der Waals surface area contributed by atoms with E-state index in [9.17, 15) is 18.0 Å². The van der Waals surface area contributed by atoms with Gasteiger partial charge in [0, 0.05) is 0 Å². The second kappa shape index (κ2) is 8.35. The summed E-state index contributed by atoms with van der Waals surface area (Å²) in [6.07, 6.45) is -0.0153. The Balaban J connectivity index is 0.00000400. The van der Waals surface area contributed by atoms with Gasteiger partial charge in [-0.25, -0.2) is 9.59 Å². The zero-order valence-corrected chi connectivity index (χ0v) is 11.0. The third-order valence-electron chi connectivity index (χ3n) is 2.22. The van der Waals surface area contributed by atoms with E-state index in [1.165, 1.54) is 0 Å². The van der Waals surface area contributed by atoms with Crippen LogP contribution in [0.5, 0.6) is 5.75 Å². The van der Waals surface area contributed by atoms with Gasteiger partial charge in [0.1, 0.15) is 5.75 Å². The molecule has 0 saturated carbocycles. The molecule has 0 fully saturated rings. The molecule has 1 aromatic carbocycles. The van der Waals surface area contributed by atoms with Crippen molar-refractivity contribution >= 4 is 51.6 Å². The summed E-state index contributed by atoms with van der Waals surface area (Å²) in [7, 11) is -4.09. The van der Waals surface area contributed by atoms with E-state index < -0.39 is 27.8 Å². The van der Waals surface area contributed by atoms with Crippen molar-refractivity contribution in [2.45, 2.75) is 6.42 Å². The molecule has 0 atom stereocenters. The molecule has 8 nitrogen and oxygen atoms in total. The molecule has 0 aliphatic rings. The van der Waals surface area contributed by atoms with Crippen LogP contribution in [0.3, 0.4) is 0 Å². The van der Waals surface area contributed by atoms with Gasteiger partial charge in [0.25, 0.3) is 10.1 Å². The molecule has 0 aliphatic carbocycles. The number of carboxylic acids is 2. The van der Waals surface area contributed by atoms with Crippen molar-refractivity contribution in [2.75, 3.05) is 12.4 Å². The predicted octanol–water partition coefficient (Wildman–Crippen LogP) is 0.0912. The SMILES string of the molecule is O=C(O)c1cc(OCCCS(=O)(=O)O)cc(C(=O)O)c1.[NaH]. The van der Waals surface area contributed by atoms with Crippen LogP contribution in [0.25, 0.3) is 0 Å². The van der Waals surface area contributed by atoms with Gasteiger partial charge in [-0.2, -0.15) is 8.42 Å². The molecule has 0 aromatic heterocycles. The van der Waals surface area contributed by atoms with Gasteiger partial charge >= 0.3 is 41.5 Å². The Hall–Kier alpha value is -1.13. The van der Waals surface area contributed by atoms with Gasteiger partial charge < -0.3 is 14.9 Å². The maximum atomic E-state index is 10.8. The number of carboxylic acid groups (broad SMARTS) is 2. The third-order valence-corrected chi connectivity index (χ3v) is 3.02. The Morgan fingerprint density at radius 1 is 1.05 bits per heavy atom. The van der Waals surface area contributed by atoms with Crippen LogP contribution >= 0.6 is 0 Å². The van der Waals surface area contributed by atoms with Gasteiger partial charge in [-0.1, -0.05) is 0 Å². The normalized spacial score (nSPS) is 10.5. The van der Waals surface area contributed by atoms with Crippen LogP contribution in [0.4, 0.5) is 0 Å². The molecule has 21 heavy (non-hydrogen) atoms. The van der Waals surface area contributed by atoms with Crippen LogP contribution < -0.4 is 4.74 Å². The van der Waals surface area contributed by atoms with Gasteiger partial charge in [0.05, 0.1) is 23.5 Å². The Morgan fingerprint density at radius 2 is 1.52 bits per heavy atom. The predicted molar refractivity (Wildman–Crippen MR) is 74.0 cm³/mol. The molecule has 3 N–H and O–H groups in total. The molecular formula is C11H13NaO8S. The summed E-state index contributed by atoms with van der Waals surface area (Å²) in [6.45, 7) is -0.109. The molecule has 0 amide bonds. The molecule has 0 heterocycles. The minimum absolute atomic E-state index is 0. The van der Waals surface area contributed by atoms with Crippen LogP contribution in [-0.2, 0) is 10.1 Å². The van der Waals surface area contributed by atoms with Crippen molar-refractivity contribution in [1.29, 1.82) is 0 Å². The second-order valence-corrected chi connectivity index (χ2v) is 5.42. The van der Waals surface area contributed by atoms with Crippen molar-refractivity contribution < 1.29 is 37.5 Å². The standard InChI is InChI=1S/C11H12O8S.Na.H/c12-10(13)7-4-8(11(14)15)6-9(5-7)19-2-1-3-20(16,17)18;;/h4-6H,1-3H2,(H,12,13)(H,14,15)(H,16,17,18);;. The summed E-state index contributed by atoms with van der Waals surface area (Å²) in [4.78, 5) is 21.7. The maximum absolute atomic E-state index is 10.8. The quantitative estimate of drug-likeness (QED) is 0.364. The fourth-order valence-electron chi connectivity index (χ4n) is 1.36. The first-order chi connectivity index (χ1) is 9.19. The zero-order valence-electron chi connectivity index (χ0n) is 10.1. The van der Waals surface area contributed by atoms with Crippen LogP contribution in [0.15, 0.2) is 18.2 Å². The summed E-state index contributed by atoms with van der Waals surface area (Å²) < 4.78 is 34.5. The Bertz CT molecular complexity index is 593. The van der Waals surface area contributed by atoms with E-state index in [0.717, 1.165) is 18.2 Å². The second-order valence-electron chi connectivity index (χ2n) is 3.84. The molecule has 0 spiro atoms. The summed E-state index contributed by atoms with van der Waals surface area (Å²) in [5.41, 5.74) is -0.510. The number of ether oxygens (including phenoxy) is 1. The molecule has 0 bridgehead atoms. The van der Waals surface area contributed by atoms with Crippen LogP contribution in [-0.4, -0.2) is 77.0 Å². The number of hydrogen-bond acceptors (Lipinski definition) is 5. The molecule has 112 valence electrons. The van der Waals surface area contributed by atoms with Crippen molar-refractivity contribution in [3.05, 3.63) is 29.3 Å². The third kappa shape index (κ3) is 7.44. The molecule has 1 rings (SSSR count). The summed E-state index contributed by atoms with van der Waals surface area (Å²) in [5, 5.41) is 17.7. The van der Waals surface area contributed by atoms with Gasteiger partial charge in [-0.3, -0.25) is 4.55 Å². The van der Waals surface area contributed by atoms with Gasteiger partial charge in [-0.15, -0.1) is 0 Å². The summed E-state index contributed by atoms with van der Waals surface area (Å²) >= 11 is 0. The first-order valence-corrected chi connectivity index (χ1v) is 6.99. The van der Waals surface area contributed by atoms with Crippen molar-refractivity contribution in [1.82, 2.24) is 0 Å². The van der Waals surface area contributed by atoms with Crippen molar-refractivity contribution in [3.8, 4) is 5.75 Å². The van der Waals surface area contributed by atoms with E-state index >= 15 is 0 Å². The number of aromatic carboxylic acids is 2. The van der Waals surface area contributed by atoms with Crippen LogP contribution in [0.2, 0.25) is 0 Å². The topological polar surface area (TPSA) is 138 Å². The summed E-state index contributed by atoms with van der Waals surface area (Å²) in [5.74, 6) is -3.12. The molecule has 10 heteroatoms.